The van der Waals surface area contributed by atoms with Gasteiger partial charge in [-0.15, -0.1) is 0 Å². The number of rotatable bonds is 6. The maximum atomic E-state index is 13.0. The smallest absolute Gasteiger partial charge is 0.416 e. The molecule has 0 atom stereocenters. The van der Waals surface area contributed by atoms with Crippen molar-refractivity contribution < 1.29 is 27.5 Å². The minimum Gasteiger partial charge on any atom is -0.484 e. The lowest BCUT2D eigenvalue weighted by Gasteiger charge is -2.72. The molecule has 0 aromatic heterocycles. The van der Waals surface area contributed by atoms with Gasteiger partial charge in [0.25, 0.3) is 5.91 Å². The summed E-state index contributed by atoms with van der Waals surface area (Å²) in [5, 5.41) is 3.60. The second-order valence-corrected chi connectivity index (χ2v) is 9.39. The molecule has 6 rings (SSSR count). The van der Waals surface area contributed by atoms with Crippen LogP contribution < -0.4 is 15.0 Å². The molecule has 10 heteroatoms. The quantitative estimate of drug-likeness (QED) is 0.665. The normalized spacial score (nSPS) is 26.0. The third-order valence-corrected chi connectivity index (χ3v) is 6.93. The molecule has 174 valence electrons. The molecule has 1 heterocycles. The van der Waals surface area contributed by atoms with Crippen molar-refractivity contribution in [3.63, 3.8) is 0 Å². The summed E-state index contributed by atoms with van der Waals surface area (Å²) in [6, 6.07) is 11.2. The summed E-state index contributed by atoms with van der Waals surface area (Å²) in [5.41, 5.74) is -0.902. The molecule has 6 nitrogen and oxygen atoms in total. The van der Waals surface area contributed by atoms with Gasteiger partial charge in [0.15, 0.2) is 6.61 Å². The molecule has 1 saturated heterocycles. The van der Waals surface area contributed by atoms with Crippen molar-refractivity contribution in [3.8, 4) is 5.75 Å². The van der Waals surface area contributed by atoms with Gasteiger partial charge in [0.1, 0.15) is 5.75 Å². The third kappa shape index (κ3) is 3.88. The van der Waals surface area contributed by atoms with Gasteiger partial charge in [-0.05, 0) is 67.8 Å². The Morgan fingerprint density at radius 3 is 2.27 bits per heavy atom. The number of nitrogens with zero attached hydrogens (tertiary/aromatic N) is 2. The highest BCUT2D eigenvalue weighted by atomic mass is 35.5. The molecule has 2 bridgehead atoms. The van der Waals surface area contributed by atoms with Crippen LogP contribution in [0.25, 0.3) is 0 Å². The molecule has 3 saturated carbocycles. The molecule has 2 aromatic rings. The molecule has 2 aromatic carbocycles. The number of urea groups is 1. The zero-order valence-corrected chi connectivity index (χ0v) is 18.2. The van der Waals surface area contributed by atoms with E-state index >= 15 is 0 Å². The van der Waals surface area contributed by atoms with Gasteiger partial charge in [0.05, 0.1) is 11.1 Å². The average Bonchev–Trinajstić information content (AvgIpc) is 3.10. The first kappa shape index (κ1) is 21.9. The fraction of sp³-hybridized carbons (Fsp3) is 0.391. The first-order chi connectivity index (χ1) is 15.6. The number of amides is 3. The van der Waals surface area contributed by atoms with Gasteiger partial charge in [-0.25, -0.2) is 4.79 Å². The zero-order chi connectivity index (χ0) is 23.4. The van der Waals surface area contributed by atoms with Crippen LogP contribution in [-0.2, 0) is 11.0 Å². The van der Waals surface area contributed by atoms with Crippen LogP contribution in [0, 0.1) is 0 Å². The highest BCUT2D eigenvalue weighted by Gasteiger charge is 2.72. The number of hydrogen-bond donors (Lipinski definition) is 1. The molecule has 3 aliphatic carbocycles. The summed E-state index contributed by atoms with van der Waals surface area (Å²) in [6.45, 7) is 0.810. The van der Waals surface area contributed by atoms with E-state index in [4.69, 9.17) is 16.3 Å². The van der Waals surface area contributed by atoms with Crippen LogP contribution in [0.4, 0.5) is 23.7 Å². The summed E-state index contributed by atoms with van der Waals surface area (Å²) < 4.78 is 43.9. The van der Waals surface area contributed by atoms with E-state index < -0.39 is 11.7 Å². The molecule has 1 aliphatic heterocycles. The first-order valence-electron chi connectivity index (χ1n) is 10.6. The standard InChI is InChI=1S/C23H21ClF3N3O3/c24-16-3-7-18(8-4-16)33-11-19(31)28-21-12-22(13-21,14-21)30-10-9-29(20(30)32)17-5-1-15(2-6-17)23(25,26)27/h1-8H,9-14H2,(H,28,31). The van der Waals surface area contributed by atoms with Gasteiger partial charge >= 0.3 is 12.2 Å². The Morgan fingerprint density at radius 2 is 1.67 bits per heavy atom. The van der Waals surface area contributed by atoms with Gasteiger partial charge < -0.3 is 15.0 Å². The van der Waals surface area contributed by atoms with Gasteiger partial charge in [-0.1, -0.05) is 11.6 Å². The maximum Gasteiger partial charge on any atom is 0.416 e. The molecule has 1 N–H and O–H groups in total. The third-order valence-electron chi connectivity index (χ3n) is 6.68. The van der Waals surface area contributed by atoms with Crippen LogP contribution in [0.15, 0.2) is 48.5 Å². The van der Waals surface area contributed by atoms with E-state index in [1.807, 2.05) is 0 Å². The van der Waals surface area contributed by atoms with Gasteiger partial charge in [0.2, 0.25) is 0 Å². The SMILES string of the molecule is O=C(COc1ccc(Cl)cc1)NC12CC(N3CCN(c4ccc(C(F)(F)F)cc4)C3=O)(C1)C2. The Kier molecular flexibility index (Phi) is 5.00. The van der Waals surface area contributed by atoms with Crippen LogP contribution in [0.5, 0.6) is 5.75 Å². The molecule has 33 heavy (non-hydrogen) atoms. The van der Waals surface area contributed by atoms with Crippen molar-refractivity contribution in [2.24, 2.45) is 0 Å². The summed E-state index contributed by atoms with van der Waals surface area (Å²) in [6.07, 6.45) is -2.41. The Balaban J connectivity index is 1.14. The van der Waals surface area contributed by atoms with Crippen molar-refractivity contribution in [3.05, 3.63) is 59.1 Å². The number of nitrogens with one attached hydrogen (secondary N) is 1. The minimum atomic E-state index is -4.41. The molecule has 0 unspecified atom stereocenters. The molecule has 4 aliphatic rings. The van der Waals surface area contributed by atoms with E-state index in [9.17, 15) is 22.8 Å². The number of anilines is 1. The molecule has 0 spiro atoms. The number of hydrogen-bond acceptors (Lipinski definition) is 3. The highest BCUT2D eigenvalue weighted by Crippen LogP contribution is 2.64. The lowest BCUT2D eigenvalue weighted by molar-refractivity contribution is -0.165. The number of ether oxygens (including phenoxy) is 1. The predicted octanol–water partition coefficient (Wildman–Crippen LogP) is 4.47. The van der Waals surface area contributed by atoms with E-state index in [0.717, 1.165) is 12.1 Å². The summed E-state index contributed by atoms with van der Waals surface area (Å²) >= 11 is 5.83. The lowest BCUT2D eigenvalue weighted by Crippen LogP contribution is -2.84. The highest BCUT2D eigenvalue weighted by molar-refractivity contribution is 6.30. The average molecular weight is 480 g/mol. The number of halogens is 4. The van der Waals surface area contributed by atoms with Crippen LogP contribution in [-0.4, -0.2) is 47.6 Å². The Morgan fingerprint density at radius 1 is 1.03 bits per heavy atom. The summed E-state index contributed by atoms with van der Waals surface area (Å²) in [4.78, 5) is 28.6. The molecule has 0 radical (unpaired) electrons. The monoisotopic (exact) mass is 479 g/mol. The molecular weight excluding hydrogens is 459 g/mol. The molecule has 4 fully saturated rings. The van der Waals surface area contributed by atoms with Crippen LogP contribution in [0.2, 0.25) is 5.02 Å². The van der Waals surface area contributed by atoms with Crippen molar-refractivity contribution in [1.82, 2.24) is 10.2 Å². The van der Waals surface area contributed by atoms with Crippen molar-refractivity contribution >= 4 is 29.2 Å². The number of carbonyl (C=O) groups is 2. The van der Waals surface area contributed by atoms with Crippen molar-refractivity contribution in [1.29, 1.82) is 0 Å². The minimum absolute atomic E-state index is 0.110. The lowest BCUT2D eigenvalue weighted by atomic mass is 9.43. The van der Waals surface area contributed by atoms with Gasteiger partial charge in [-0.2, -0.15) is 13.2 Å². The van der Waals surface area contributed by atoms with Crippen LogP contribution >= 0.6 is 11.6 Å². The number of carbonyl (C=O) groups excluding carboxylic acids is 2. The number of alkyl halides is 3. The largest absolute Gasteiger partial charge is 0.484 e. The Hall–Kier alpha value is -2.94. The molecule has 3 amide bonds. The van der Waals surface area contributed by atoms with E-state index in [0.29, 0.717) is 48.8 Å². The zero-order valence-electron chi connectivity index (χ0n) is 17.5. The number of benzene rings is 2. The van der Waals surface area contributed by atoms with Crippen molar-refractivity contribution in [2.45, 2.75) is 36.5 Å². The van der Waals surface area contributed by atoms with Crippen molar-refractivity contribution in [2.75, 3.05) is 24.6 Å². The van der Waals surface area contributed by atoms with E-state index in [1.165, 1.54) is 17.0 Å². The topological polar surface area (TPSA) is 61.9 Å². The predicted molar refractivity (Wildman–Crippen MR) is 115 cm³/mol. The maximum absolute atomic E-state index is 13.0. The Labute approximate surface area is 193 Å². The summed E-state index contributed by atoms with van der Waals surface area (Å²) in [5.74, 6) is 0.326. The van der Waals surface area contributed by atoms with Crippen LogP contribution in [0.3, 0.4) is 0 Å². The van der Waals surface area contributed by atoms with E-state index in [2.05, 4.69) is 5.32 Å². The van der Waals surface area contributed by atoms with Gasteiger partial charge in [0, 0.05) is 29.3 Å². The van der Waals surface area contributed by atoms with Crippen LogP contribution in [0.1, 0.15) is 24.8 Å². The van der Waals surface area contributed by atoms with Gasteiger partial charge in [-0.3, -0.25) is 9.69 Å². The fourth-order valence-electron chi connectivity index (χ4n) is 5.21. The second kappa shape index (κ2) is 7.55. The second-order valence-electron chi connectivity index (χ2n) is 8.96. The van der Waals surface area contributed by atoms with E-state index in [1.54, 1.807) is 29.2 Å². The Bertz CT molecular complexity index is 1070. The summed E-state index contributed by atoms with van der Waals surface area (Å²) in [7, 11) is 0. The van der Waals surface area contributed by atoms with E-state index in [-0.39, 0.29) is 29.6 Å². The fourth-order valence-corrected chi connectivity index (χ4v) is 5.34. The molecular formula is C23H21ClF3N3O3. The first-order valence-corrected chi connectivity index (χ1v) is 10.9.